The number of methoxy groups -OCH3 is 2. The molecule has 0 amide bonds. The fraction of sp³-hybridized carbons (Fsp3) is 0.818. The third-order valence-corrected chi connectivity index (χ3v) is 5.91. The smallest absolute Gasteiger partial charge is 0.330 e. The third-order valence-electron chi connectivity index (χ3n) is 5.91. The number of hydrogen-bond acceptors (Lipinski definition) is 8. The molecule has 0 bridgehead atoms. The molecule has 1 fully saturated rings. The molecule has 0 aliphatic carbocycles. The van der Waals surface area contributed by atoms with Gasteiger partial charge in [-0.25, -0.2) is 4.79 Å². The van der Waals surface area contributed by atoms with Gasteiger partial charge in [-0.15, -0.1) is 0 Å². The topological polar surface area (TPSA) is 112 Å². The van der Waals surface area contributed by atoms with Crippen molar-refractivity contribution in [3.05, 3.63) is 12.2 Å². The van der Waals surface area contributed by atoms with E-state index in [0.717, 1.165) is 12.8 Å². The third kappa shape index (κ3) is 6.26. The monoisotopic (exact) mass is 430 g/mol. The Morgan fingerprint density at radius 1 is 1.27 bits per heavy atom. The molecule has 0 aromatic rings. The second kappa shape index (κ2) is 11.8. The van der Waals surface area contributed by atoms with Crippen molar-refractivity contribution in [2.24, 2.45) is 11.8 Å². The zero-order valence-electron chi connectivity index (χ0n) is 19.2. The highest BCUT2D eigenvalue weighted by molar-refractivity contribution is 5.82. The summed E-state index contributed by atoms with van der Waals surface area (Å²) in [6.45, 7) is 8.86. The van der Waals surface area contributed by atoms with E-state index in [-0.39, 0.29) is 0 Å². The molecule has 0 saturated carbocycles. The summed E-state index contributed by atoms with van der Waals surface area (Å²) in [6.07, 6.45) is 1.21. The van der Waals surface area contributed by atoms with Gasteiger partial charge in [0.15, 0.2) is 0 Å². The van der Waals surface area contributed by atoms with E-state index in [9.17, 15) is 19.8 Å². The molecule has 0 aromatic heterocycles. The highest BCUT2D eigenvalue weighted by Crippen LogP contribution is 2.40. The number of esters is 2. The lowest BCUT2D eigenvalue weighted by atomic mass is 9.75. The first-order valence-corrected chi connectivity index (χ1v) is 10.6. The molecule has 0 spiro atoms. The van der Waals surface area contributed by atoms with Crippen LogP contribution in [-0.2, 0) is 28.5 Å². The lowest BCUT2D eigenvalue weighted by molar-refractivity contribution is -0.280. The summed E-state index contributed by atoms with van der Waals surface area (Å²) in [5.74, 6) is -2.24. The van der Waals surface area contributed by atoms with Crippen LogP contribution in [0.1, 0.15) is 53.9 Å². The predicted molar refractivity (Wildman–Crippen MR) is 111 cm³/mol. The first kappa shape index (κ1) is 26.6. The summed E-state index contributed by atoms with van der Waals surface area (Å²) in [5.41, 5.74) is -1.21. The number of unbranched alkanes of at least 4 members (excludes halogenated alkanes) is 1. The number of rotatable bonds is 10. The quantitative estimate of drug-likeness (QED) is 0.400. The Bertz CT molecular complexity index is 592. The van der Waals surface area contributed by atoms with E-state index >= 15 is 0 Å². The summed E-state index contributed by atoms with van der Waals surface area (Å²) in [4.78, 5) is 24.3. The van der Waals surface area contributed by atoms with E-state index in [1.54, 1.807) is 27.7 Å². The van der Waals surface area contributed by atoms with Crippen molar-refractivity contribution >= 4 is 11.9 Å². The predicted octanol–water partition coefficient (Wildman–Crippen LogP) is 2.00. The Balaban J connectivity index is 2.90. The van der Waals surface area contributed by atoms with Gasteiger partial charge in [-0.2, -0.15) is 0 Å². The van der Waals surface area contributed by atoms with Crippen LogP contribution in [0, 0.1) is 11.8 Å². The van der Waals surface area contributed by atoms with Crippen LogP contribution in [0.15, 0.2) is 12.2 Å². The van der Waals surface area contributed by atoms with Crippen LogP contribution >= 0.6 is 0 Å². The van der Waals surface area contributed by atoms with Crippen molar-refractivity contribution in [2.45, 2.75) is 90.0 Å². The van der Waals surface area contributed by atoms with Crippen molar-refractivity contribution in [1.29, 1.82) is 0 Å². The van der Waals surface area contributed by atoms with Gasteiger partial charge in [0.2, 0.25) is 0 Å². The molecule has 0 radical (unpaired) electrons. The maximum Gasteiger partial charge on any atom is 0.330 e. The van der Waals surface area contributed by atoms with Crippen molar-refractivity contribution in [3.8, 4) is 0 Å². The van der Waals surface area contributed by atoms with E-state index in [1.165, 1.54) is 26.4 Å². The molecule has 1 aliphatic rings. The normalized spacial score (nSPS) is 32.4. The van der Waals surface area contributed by atoms with E-state index in [1.807, 2.05) is 6.92 Å². The number of hydrogen-bond donors (Lipinski definition) is 2. The van der Waals surface area contributed by atoms with Gasteiger partial charge in [-0.05, 0) is 33.3 Å². The molecule has 2 N–H and O–H groups in total. The Morgan fingerprint density at radius 3 is 2.43 bits per heavy atom. The Labute approximate surface area is 179 Å². The van der Waals surface area contributed by atoms with Crippen LogP contribution in [0.2, 0.25) is 0 Å². The summed E-state index contributed by atoms with van der Waals surface area (Å²) < 4.78 is 21.9. The first-order valence-electron chi connectivity index (χ1n) is 10.6. The van der Waals surface area contributed by atoms with E-state index in [0.29, 0.717) is 6.42 Å². The van der Waals surface area contributed by atoms with Gasteiger partial charge in [0.1, 0.15) is 17.8 Å². The Kier molecular flexibility index (Phi) is 10.4. The van der Waals surface area contributed by atoms with Gasteiger partial charge in [-0.3, -0.25) is 4.79 Å². The van der Waals surface area contributed by atoms with Crippen LogP contribution in [0.4, 0.5) is 0 Å². The van der Waals surface area contributed by atoms with Crippen LogP contribution in [0.25, 0.3) is 0 Å². The molecular formula is C22H38O8. The van der Waals surface area contributed by atoms with E-state index in [4.69, 9.17) is 18.9 Å². The summed E-state index contributed by atoms with van der Waals surface area (Å²) >= 11 is 0. The molecule has 1 saturated heterocycles. The Hall–Kier alpha value is -1.48. The maximum atomic E-state index is 12.2. The molecule has 8 atom stereocenters. The zero-order valence-corrected chi connectivity index (χ0v) is 19.2. The Morgan fingerprint density at radius 2 is 1.90 bits per heavy atom. The zero-order chi connectivity index (χ0) is 23.1. The number of aliphatic hydroxyl groups is 2. The van der Waals surface area contributed by atoms with Gasteiger partial charge in [0, 0.05) is 19.1 Å². The number of carbonyl (C=O) groups excluding carboxylic acids is 2. The van der Waals surface area contributed by atoms with Gasteiger partial charge in [-0.1, -0.05) is 26.7 Å². The number of carbonyl (C=O) groups is 2. The molecular weight excluding hydrogens is 392 g/mol. The lowest BCUT2D eigenvalue weighted by Crippen LogP contribution is -2.66. The molecule has 1 rings (SSSR count). The summed E-state index contributed by atoms with van der Waals surface area (Å²) in [5, 5.41) is 20.9. The average Bonchev–Trinajstić information content (AvgIpc) is 2.71. The standard InChI is InChI=1S/C22H38O8/c1-8-9-10-16(23)11-12-17(24)29-18-13(2)19(25)22(5,30-15(18)4)20(27-6)14(3)21(26)28-7/h11-16,18-20,23,25H,8-10H2,1-7H3/b12-11+/t13-,14-,15+,16+,18-,19+,20+,22+/m1/s1. The van der Waals surface area contributed by atoms with E-state index < -0.39 is 59.9 Å². The highest BCUT2D eigenvalue weighted by atomic mass is 16.6. The second-order valence-corrected chi connectivity index (χ2v) is 8.25. The maximum absolute atomic E-state index is 12.2. The van der Waals surface area contributed by atoms with E-state index in [2.05, 4.69) is 0 Å². The van der Waals surface area contributed by atoms with Crippen molar-refractivity contribution in [1.82, 2.24) is 0 Å². The van der Waals surface area contributed by atoms with Gasteiger partial charge < -0.3 is 29.2 Å². The minimum atomic E-state index is -1.21. The van der Waals surface area contributed by atoms with Crippen LogP contribution in [0.3, 0.4) is 0 Å². The molecule has 0 unspecified atom stereocenters. The molecule has 0 aromatic carbocycles. The summed E-state index contributed by atoms with van der Waals surface area (Å²) in [7, 11) is 2.74. The van der Waals surface area contributed by atoms with Crippen molar-refractivity contribution < 1.29 is 38.7 Å². The molecule has 8 heteroatoms. The molecule has 30 heavy (non-hydrogen) atoms. The first-order chi connectivity index (χ1) is 14.0. The fourth-order valence-corrected chi connectivity index (χ4v) is 4.22. The fourth-order valence-electron chi connectivity index (χ4n) is 4.22. The number of aliphatic hydroxyl groups excluding tert-OH is 2. The van der Waals surface area contributed by atoms with Crippen molar-refractivity contribution in [3.63, 3.8) is 0 Å². The van der Waals surface area contributed by atoms with Gasteiger partial charge in [0.25, 0.3) is 0 Å². The lowest BCUT2D eigenvalue weighted by Gasteiger charge is -2.51. The van der Waals surface area contributed by atoms with Gasteiger partial charge >= 0.3 is 11.9 Å². The minimum Gasteiger partial charge on any atom is -0.469 e. The van der Waals surface area contributed by atoms with Crippen LogP contribution in [-0.4, -0.2) is 72.5 Å². The largest absolute Gasteiger partial charge is 0.469 e. The summed E-state index contributed by atoms with van der Waals surface area (Å²) in [6, 6.07) is 0. The van der Waals surface area contributed by atoms with Crippen LogP contribution < -0.4 is 0 Å². The van der Waals surface area contributed by atoms with Crippen molar-refractivity contribution in [2.75, 3.05) is 14.2 Å². The minimum absolute atomic E-state index is 0.473. The molecule has 174 valence electrons. The molecule has 8 nitrogen and oxygen atoms in total. The second-order valence-electron chi connectivity index (χ2n) is 8.25. The van der Waals surface area contributed by atoms with Crippen LogP contribution in [0.5, 0.6) is 0 Å². The molecule has 1 heterocycles. The highest BCUT2D eigenvalue weighted by Gasteiger charge is 2.56. The average molecular weight is 431 g/mol. The molecule has 1 aliphatic heterocycles. The number of ether oxygens (including phenoxy) is 4. The van der Waals surface area contributed by atoms with Gasteiger partial charge in [0.05, 0.1) is 31.3 Å². The SMILES string of the molecule is CCCC[C@H](O)/C=C/C(=O)O[C@@H]1[C@@H](C)[C@H](O)[C@@](C)([C@@H](OC)[C@@H](C)C(=O)OC)O[C@H]1C.